The van der Waals surface area contributed by atoms with E-state index in [0.717, 1.165) is 31.8 Å². The summed E-state index contributed by atoms with van der Waals surface area (Å²) in [6.07, 6.45) is 2.17. The molecule has 4 heteroatoms. The van der Waals surface area contributed by atoms with E-state index in [2.05, 4.69) is 6.92 Å². The molecule has 98 valence electrons. The van der Waals surface area contributed by atoms with Crippen molar-refractivity contribution in [3.05, 3.63) is 24.3 Å². The zero-order valence-electron chi connectivity index (χ0n) is 10.8. The molecule has 1 heterocycles. The van der Waals surface area contributed by atoms with Gasteiger partial charge in [0.2, 0.25) is 0 Å². The summed E-state index contributed by atoms with van der Waals surface area (Å²) in [5.41, 5.74) is 6.32. The fourth-order valence-electron chi connectivity index (χ4n) is 2.10. The van der Waals surface area contributed by atoms with Crippen LogP contribution < -0.4 is 10.5 Å². The quantitative estimate of drug-likeness (QED) is 0.831. The second-order valence-corrected chi connectivity index (χ2v) is 4.89. The number of amides is 1. The lowest BCUT2D eigenvalue weighted by molar-refractivity contribution is -0.134. The predicted octanol–water partition coefficient (Wildman–Crippen LogP) is 1.91. The third-order valence-corrected chi connectivity index (χ3v) is 3.41. The number of benzene rings is 1. The number of para-hydroxylation sites is 2. The number of nitrogens with two attached hydrogens (primary N) is 1. The molecular weight excluding hydrogens is 228 g/mol. The number of anilines is 1. The van der Waals surface area contributed by atoms with Crippen LogP contribution in [-0.2, 0) is 4.79 Å². The van der Waals surface area contributed by atoms with Crippen molar-refractivity contribution in [1.29, 1.82) is 0 Å². The van der Waals surface area contributed by atoms with E-state index in [4.69, 9.17) is 10.5 Å². The van der Waals surface area contributed by atoms with Crippen molar-refractivity contribution in [2.24, 2.45) is 5.92 Å². The maximum atomic E-state index is 11.9. The number of hydrogen-bond acceptors (Lipinski definition) is 3. The van der Waals surface area contributed by atoms with Crippen LogP contribution in [0, 0.1) is 5.92 Å². The molecule has 1 aromatic carbocycles. The maximum absolute atomic E-state index is 11.9. The summed E-state index contributed by atoms with van der Waals surface area (Å²) < 4.78 is 5.46. The standard InChI is InChI=1S/C14H20N2O2/c1-11-6-8-16(9-7-11)14(17)10-18-13-5-3-2-4-12(13)15/h2-5,11H,6-10,15H2,1H3. The van der Waals surface area contributed by atoms with Gasteiger partial charge in [-0.05, 0) is 30.9 Å². The topological polar surface area (TPSA) is 55.6 Å². The first kappa shape index (κ1) is 12.7. The summed E-state index contributed by atoms with van der Waals surface area (Å²) in [7, 11) is 0. The molecule has 1 fully saturated rings. The third-order valence-electron chi connectivity index (χ3n) is 3.41. The monoisotopic (exact) mass is 248 g/mol. The van der Waals surface area contributed by atoms with Crippen LogP contribution in [0.1, 0.15) is 19.8 Å². The van der Waals surface area contributed by atoms with Gasteiger partial charge in [0.15, 0.2) is 6.61 Å². The summed E-state index contributed by atoms with van der Waals surface area (Å²) in [5, 5.41) is 0. The molecule has 0 saturated carbocycles. The largest absolute Gasteiger partial charge is 0.482 e. The molecule has 0 aromatic heterocycles. The Morgan fingerprint density at radius 1 is 1.39 bits per heavy atom. The Hall–Kier alpha value is -1.71. The van der Waals surface area contributed by atoms with Crippen molar-refractivity contribution in [2.75, 3.05) is 25.4 Å². The van der Waals surface area contributed by atoms with Crippen LogP contribution in [0.25, 0.3) is 0 Å². The molecule has 1 saturated heterocycles. The SMILES string of the molecule is CC1CCN(C(=O)COc2ccccc2N)CC1. The minimum Gasteiger partial charge on any atom is -0.482 e. The van der Waals surface area contributed by atoms with E-state index in [1.807, 2.05) is 17.0 Å². The van der Waals surface area contributed by atoms with Gasteiger partial charge in [0.25, 0.3) is 5.91 Å². The number of hydrogen-bond donors (Lipinski definition) is 1. The zero-order chi connectivity index (χ0) is 13.0. The van der Waals surface area contributed by atoms with E-state index in [-0.39, 0.29) is 12.5 Å². The van der Waals surface area contributed by atoms with Crippen LogP contribution in [-0.4, -0.2) is 30.5 Å². The fourth-order valence-corrected chi connectivity index (χ4v) is 2.10. The van der Waals surface area contributed by atoms with Gasteiger partial charge in [-0.15, -0.1) is 0 Å². The average Bonchev–Trinajstić information content (AvgIpc) is 2.38. The van der Waals surface area contributed by atoms with Gasteiger partial charge in [-0.1, -0.05) is 19.1 Å². The third kappa shape index (κ3) is 3.15. The molecule has 0 spiro atoms. The molecule has 0 radical (unpaired) electrons. The van der Waals surface area contributed by atoms with Crippen LogP contribution in [0.2, 0.25) is 0 Å². The van der Waals surface area contributed by atoms with Gasteiger partial charge in [0.1, 0.15) is 5.75 Å². The molecule has 2 rings (SSSR count). The van der Waals surface area contributed by atoms with Gasteiger partial charge in [-0.2, -0.15) is 0 Å². The summed E-state index contributed by atoms with van der Waals surface area (Å²) in [6, 6.07) is 7.23. The summed E-state index contributed by atoms with van der Waals surface area (Å²) >= 11 is 0. The molecule has 1 amide bonds. The Morgan fingerprint density at radius 2 is 2.06 bits per heavy atom. The summed E-state index contributed by atoms with van der Waals surface area (Å²) in [6.45, 7) is 3.98. The number of rotatable bonds is 3. The molecule has 0 atom stereocenters. The molecule has 0 unspecified atom stereocenters. The van der Waals surface area contributed by atoms with E-state index < -0.39 is 0 Å². The molecule has 1 aromatic rings. The molecule has 2 N–H and O–H groups in total. The Kier molecular flexibility index (Phi) is 4.07. The van der Waals surface area contributed by atoms with Crippen LogP contribution >= 0.6 is 0 Å². The molecule has 0 aliphatic carbocycles. The van der Waals surface area contributed by atoms with Crippen LogP contribution in [0.4, 0.5) is 5.69 Å². The maximum Gasteiger partial charge on any atom is 0.260 e. The Balaban J connectivity index is 1.83. The molecule has 1 aliphatic heterocycles. The van der Waals surface area contributed by atoms with E-state index in [1.54, 1.807) is 12.1 Å². The number of piperidine rings is 1. The molecule has 4 nitrogen and oxygen atoms in total. The van der Waals surface area contributed by atoms with Crippen molar-refractivity contribution in [3.63, 3.8) is 0 Å². The van der Waals surface area contributed by atoms with Crippen molar-refractivity contribution in [3.8, 4) is 5.75 Å². The van der Waals surface area contributed by atoms with Crippen LogP contribution in [0.15, 0.2) is 24.3 Å². The lowest BCUT2D eigenvalue weighted by Crippen LogP contribution is -2.40. The Morgan fingerprint density at radius 3 is 2.72 bits per heavy atom. The number of likely N-dealkylation sites (tertiary alicyclic amines) is 1. The van der Waals surface area contributed by atoms with Crippen molar-refractivity contribution in [2.45, 2.75) is 19.8 Å². The molecule has 1 aliphatic rings. The van der Waals surface area contributed by atoms with Gasteiger partial charge in [-0.25, -0.2) is 0 Å². The fraction of sp³-hybridized carbons (Fsp3) is 0.500. The summed E-state index contributed by atoms with van der Waals surface area (Å²) in [5.74, 6) is 1.35. The number of nitrogen functional groups attached to an aromatic ring is 1. The van der Waals surface area contributed by atoms with Crippen molar-refractivity contribution < 1.29 is 9.53 Å². The van der Waals surface area contributed by atoms with Gasteiger partial charge >= 0.3 is 0 Å². The van der Waals surface area contributed by atoms with Gasteiger partial charge in [-0.3, -0.25) is 4.79 Å². The first-order chi connectivity index (χ1) is 8.66. The number of carbonyl (C=O) groups excluding carboxylic acids is 1. The first-order valence-electron chi connectivity index (χ1n) is 6.42. The van der Waals surface area contributed by atoms with Gasteiger partial charge < -0.3 is 15.4 Å². The highest BCUT2D eigenvalue weighted by Crippen LogP contribution is 2.20. The zero-order valence-corrected chi connectivity index (χ0v) is 10.8. The van der Waals surface area contributed by atoms with Crippen molar-refractivity contribution >= 4 is 11.6 Å². The average molecular weight is 248 g/mol. The minimum absolute atomic E-state index is 0.0464. The van der Waals surface area contributed by atoms with E-state index >= 15 is 0 Å². The van der Waals surface area contributed by atoms with Crippen LogP contribution in [0.3, 0.4) is 0 Å². The first-order valence-corrected chi connectivity index (χ1v) is 6.42. The predicted molar refractivity (Wildman–Crippen MR) is 71.3 cm³/mol. The number of nitrogens with zero attached hydrogens (tertiary/aromatic N) is 1. The highest BCUT2D eigenvalue weighted by Gasteiger charge is 2.20. The molecule has 0 bridgehead atoms. The van der Waals surface area contributed by atoms with E-state index in [9.17, 15) is 4.79 Å². The highest BCUT2D eigenvalue weighted by molar-refractivity contribution is 5.78. The molecule has 18 heavy (non-hydrogen) atoms. The normalized spacial score (nSPS) is 16.6. The number of ether oxygens (including phenoxy) is 1. The number of carbonyl (C=O) groups is 1. The second-order valence-electron chi connectivity index (χ2n) is 4.89. The molecular formula is C14H20N2O2. The van der Waals surface area contributed by atoms with Crippen LogP contribution in [0.5, 0.6) is 5.75 Å². The van der Waals surface area contributed by atoms with Gasteiger partial charge in [0.05, 0.1) is 5.69 Å². The van der Waals surface area contributed by atoms with Crippen molar-refractivity contribution in [1.82, 2.24) is 4.90 Å². The lowest BCUT2D eigenvalue weighted by Gasteiger charge is -2.30. The Bertz CT molecular complexity index is 412. The summed E-state index contributed by atoms with van der Waals surface area (Å²) in [4.78, 5) is 13.8. The minimum atomic E-state index is 0.0464. The highest BCUT2D eigenvalue weighted by atomic mass is 16.5. The lowest BCUT2D eigenvalue weighted by atomic mass is 9.99. The van der Waals surface area contributed by atoms with E-state index in [0.29, 0.717) is 11.4 Å². The van der Waals surface area contributed by atoms with E-state index in [1.165, 1.54) is 0 Å². The smallest absolute Gasteiger partial charge is 0.260 e. The second kappa shape index (κ2) is 5.76. The Labute approximate surface area is 108 Å². The van der Waals surface area contributed by atoms with Gasteiger partial charge in [0, 0.05) is 13.1 Å².